The smallest absolute Gasteiger partial charge is 0.240 e. The molecular weight excluding hydrogens is 280 g/mol. The summed E-state index contributed by atoms with van der Waals surface area (Å²) in [4.78, 5) is 11.9. The molecule has 0 aliphatic heterocycles. The Morgan fingerprint density at radius 1 is 1.05 bits per heavy atom. The summed E-state index contributed by atoms with van der Waals surface area (Å²) in [7, 11) is 1.62. The number of carbonyl (C=O) groups is 1. The summed E-state index contributed by atoms with van der Waals surface area (Å²) in [5.41, 5.74) is 2.17. The molecule has 118 valence electrons. The lowest BCUT2D eigenvalue weighted by Crippen LogP contribution is -2.31. The number of hydrogen-bond acceptors (Lipinski definition) is 3. The van der Waals surface area contributed by atoms with Crippen LogP contribution in [0.4, 0.5) is 0 Å². The lowest BCUT2D eigenvalue weighted by molar-refractivity contribution is -0.121. The molecule has 22 heavy (non-hydrogen) atoms. The molecule has 0 bridgehead atoms. The van der Waals surface area contributed by atoms with Gasteiger partial charge in [0.25, 0.3) is 0 Å². The minimum atomic E-state index is -0.0132. The topological polar surface area (TPSA) is 52.5 Å². The number of aromatic nitrogens is 1. The van der Waals surface area contributed by atoms with Gasteiger partial charge in [-0.05, 0) is 50.2 Å². The number of carbonyl (C=O) groups excluding carboxylic acids is 1. The van der Waals surface area contributed by atoms with Crippen LogP contribution in [-0.2, 0) is 11.3 Å². The normalized spacial score (nSPS) is 10.3. The first-order chi connectivity index (χ1) is 10.6. The Kier molecular flexibility index (Phi) is 5.47. The highest BCUT2D eigenvalue weighted by atomic mass is 16.5. The fraction of sp³-hybridized carbons (Fsp3) is 0.353. The number of nitrogens with one attached hydrogen (secondary N) is 1. The van der Waals surface area contributed by atoms with E-state index in [-0.39, 0.29) is 5.91 Å². The third-order valence-corrected chi connectivity index (χ3v) is 3.47. The van der Waals surface area contributed by atoms with Crippen LogP contribution < -0.4 is 14.8 Å². The maximum Gasteiger partial charge on any atom is 0.240 e. The van der Waals surface area contributed by atoms with Gasteiger partial charge in [-0.2, -0.15) is 0 Å². The number of aryl methyl sites for hydroxylation is 2. The second kappa shape index (κ2) is 7.54. The summed E-state index contributed by atoms with van der Waals surface area (Å²) in [5, 5.41) is 2.86. The van der Waals surface area contributed by atoms with Crippen molar-refractivity contribution in [2.24, 2.45) is 0 Å². The summed E-state index contributed by atoms with van der Waals surface area (Å²) in [6, 6.07) is 11.4. The van der Waals surface area contributed by atoms with E-state index in [2.05, 4.69) is 5.32 Å². The molecule has 5 heteroatoms. The maximum absolute atomic E-state index is 11.9. The number of ether oxygens (including phenoxy) is 2. The first-order valence-electron chi connectivity index (χ1n) is 7.26. The van der Waals surface area contributed by atoms with Crippen LogP contribution >= 0.6 is 0 Å². The van der Waals surface area contributed by atoms with Crippen molar-refractivity contribution >= 4 is 5.91 Å². The van der Waals surface area contributed by atoms with Gasteiger partial charge in [0.15, 0.2) is 0 Å². The highest BCUT2D eigenvalue weighted by Crippen LogP contribution is 2.16. The van der Waals surface area contributed by atoms with E-state index in [0.717, 1.165) is 22.9 Å². The van der Waals surface area contributed by atoms with Crippen LogP contribution in [0, 0.1) is 13.8 Å². The first-order valence-corrected chi connectivity index (χ1v) is 7.26. The molecule has 0 fully saturated rings. The third kappa shape index (κ3) is 4.28. The number of nitrogens with zero attached hydrogens (tertiary/aromatic N) is 1. The van der Waals surface area contributed by atoms with Crippen LogP contribution in [0.2, 0.25) is 0 Å². The number of rotatable bonds is 7. The van der Waals surface area contributed by atoms with Gasteiger partial charge in [0.1, 0.15) is 24.7 Å². The fourth-order valence-corrected chi connectivity index (χ4v) is 2.18. The van der Waals surface area contributed by atoms with Gasteiger partial charge < -0.3 is 19.4 Å². The van der Waals surface area contributed by atoms with Gasteiger partial charge in [-0.15, -0.1) is 0 Å². The Morgan fingerprint density at radius 3 is 2.23 bits per heavy atom. The van der Waals surface area contributed by atoms with Crippen LogP contribution in [0.15, 0.2) is 36.4 Å². The fourth-order valence-electron chi connectivity index (χ4n) is 2.18. The molecule has 0 saturated carbocycles. The number of methoxy groups -OCH3 is 1. The zero-order valence-electron chi connectivity index (χ0n) is 13.3. The van der Waals surface area contributed by atoms with E-state index in [0.29, 0.717) is 19.7 Å². The molecule has 0 aliphatic rings. The highest BCUT2D eigenvalue weighted by Gasteiger charge is 2.06. The van der Waals surface area contributed by atoms with Gasteiger partial charge in [0.05, 0.1) is 13.7 Å². The van der Waals surface area contributed by atoms with Crippen molar-refractivity contribution in [3.05, 3.63) is 47.8 Å². The van der Waals surface area contributed by atoms with Crippen molar-refractivity contribution in [2.75, 3.05) is 20.3 Å². The molecule has 5 nitrogen and oxygen atoms in total. The Morgan fingerprint density at radius 2 is 1.64 bits per heavy atom. The van der Waals surface area contributed by atoms with Gasteiger partial charge in [0.2, 0.25) is 5.91 Å². The van der Waals surface area contributed by atoms with E-state index in [1.165, 1.54) is 0 Å². The SMILES string of the molecule is COc1ccc(OCCNC(=O)Cn2c(C)ccc2C)cc1. The summed E-state index contributed by atoms with van der Waals surface area (Å²) < 4.78 is 12.6. The molecule has 2 aromatic rings. The lowest BCUT2D eigenvalue weighted by atomic mass is 10.3. The van der Waals surface area contributed by atoms with Crippen LogP contribution in [-0.4, -0.2) is 30.7 Å². The van der Waals surface area contributed by atoms with Crippen molar-refractivity contribution in [2.45, 2.75) is 20.4 Å². The average Bonchev–Trinajstić information content (AvgIpc) is 2.84. The van der Waals surface area contributed by atoms with Gasteiger partial charge in [0, 0.05) is 11.4 Å². The van der Waals surface area contributed by atoms with E-state index in [4.69, 9.17) is 9.47 Å². The van der Waals surface area contributed by atoms with Crippen LogP contribution in [0.1, 0.15) is 11.4 Å². The minimum Gasteiger partial charge on any atom is -0.497 e. The molecule has 1 aromatic heterocycles. The quantitative estimate of drug-likeness (QED) is 0.799. The third-order valence-electron chi connectivity index (χ3n) is 3.47. The van der Waals surface area contributed by atoms with Gasteiger partial charge >= 0.3 is 0 Å². The van der Waals surface area contributed by atoms with E-state index < -0.39 is 0 Å². The summed E-state index contributed by atoms with van der Waals surface area (Å²) in [6.45, 7) is 5.24. The Hall–Kier alpha value is -2.43. The second-order valence-corrected chi connectivity index (χ2v) is 5.08. The van der Waals surface area contributed by atoms with Crippen molar-refractivity contribution in [1.29, 1.82) is 0 Å². The maximum atomic E-state index is 11.9. The zero-order valence-corrected chi connectivity index (χ0v) is 13.3. The van der Waals surface area contributed by atoms with Crippen molar-refractivity contribution < 1.29 is 14.3 Å². The molecule has 1 amide bonds. The minimum absolute atomic E-state index is 0.0132. The Labute approximate surface area is 130 Å². The molecule has 1 N–H and O–H groups in total. The number of amides is 1. The van der Waals surface area contributed by atoms with E-state index in [1.807, 2.05) is 54.8 Å². The van der Waals surface area contributed by atoms with Crippen molar-refractivity contribution in [3.8, 4) is 11.5 Å². The molecule has 0 unspecified atom stereocenters. The van der Waals surface area contributed by atoms with Gasteiger partial charge in [-0.25, -0.2) is 0 Å². The largest absolute Gasteiger partial charge is 0.497 e. The number of hydrogen-bond donors (Lipinski definition) is 1. The molecule has 0 saturated heterocycles. The van der Waals surface area contributed by atoms with Gasteiger partial charge in [-0.1, -0.05) is 0 Å². The lowest BCUT2D eigenvalue weighted by Gasteiger charge is -2.11. The van der Waals surface area contributed by atoms with Crippen molar-refractivity contribution in [3.63, 3.8) is 0 Å². The summed E-state index contributed by atoms with van der Waals surface area (Å²) in [5.74, 6) is 1.53. The van der Waals surface area contributed by atoms with Crippen LogP contribution in [0.5, 0.6) is 11.5 Å². The predicted octanol–water partition coefficient (Wildman–Crippen LogP) is 2.31. The molecule has 1 aromatic carbocycles. The molecule has 0 atom stereocenters. The molecular formula is C17H22N2O3. The number of benzene rings is 1. The Bertz CT molecular complexity index is 598. The average molecular weight is 302 g/mol. The van der Waals surface area contributed by atoms with Crippen LogP contribution in [0.25, 0.3) is 0 Å². The molecule has 1 heterocycles. The monoisotopic (exact) mass is 302 g/mol. The van der Waals surface area contributed by atoms with E-state index in [9.17, 15) is 4.79 Å². The van der Waals surface area contributed by atoms with Crippen LogP contribution in [0.3, 0.4) is 0 Å². The second-order valence-electron chi connectivity index (χ2n) is 5.08. The predicted molar refractivity (Wildman–Crippen MR) is 85.4 cm³/mol. The summed E-state index contributed by atoms with van der Waals surface area (Å²) >= 11 is 0. The standard InChI is InChI=1S/C17H22N2O3/c1-13-4-5-14(2)19(13)12-17(20)18-10-11-22-16-8-6-15(21-3)7-9-16/h4-9H,10-12H2,1-3H3,(H,18,20). The van der Waals surface area contributed by atoms with E-state index >= 15 is 0 Å². The molecule has 0 radical (unpaired) electrons. The molecule has 0 spiro atoms. The van der Waals surface area contributed by atoms with Gasteiger partial charge in [-0.3, -0.25) is 4.79 Å². The molecule has 2 rings (SSSR count). The molecule has 0 aliphatic carbocycles. The van der Waals surface area contributed by atoms with E-state index in [1.54, 1.807) is 7.11 Å². The summed E-state index contributed by atoms with van der Waals surface area (Å²) in [6.07, 6.45) is 0. The first kappa shape index (κ1) is 15.9. The van der Waals surface area contributed by atoms with Crippen molar-refractivity contribution in [1.82, 2.24) is 9.88 Å². The zero-order chi connectivity index (χ0) is 15.9. The Balaban J connectivity index is 1.70. The highest BCUT2D eigenvalue weighted by molar-refractivity contribution is 5.75.